The highest BCUT2D eigenvalue weighted by atomic mass is 19.1. The van der Waals surface area contributed by atoms with Gasteiger partial charge in [-0.25, -0.2) is 9.18 Å². The molecule has 0 unspecified atom stereocenters. The van der Waals surface area contributed by atoms with Crippen LogP contribution in [0.4, 0.5) is 10.1 Å². The number of halogens is 1. The fraction of sp³-hybridized carbons (Fsp3) is 0.286. The van der Waals surface area contributed by atoms with Gasteiger partial charge in [0.25, 0.3) is 5.91 Å². The molecule has 7 heteroatoms. The molecule has 1 heterocycles. The molecule has 144 valence electrons. The van der Waals surface area contributed by atoms with Crippen LogP contribution in [0.3, 0.4) is 0 Å². The van der Waals surface area contributed by atoms with E-state index in [1.54, 1.807) is 6.07 Å². The lowest BCUT2D eigenvalue weighted by Crippen LogP contribution is -2.21. The minimum absolute atomic E-state index is 0.00730. The summed E-state index contributed by atoms with van der Waals surface area (Å²) in [4.78, 5) is 24.0. The van der Waals surface area contributed by atoms with Crippen LogP contribution in [-0.4, -0.2) is 23.1 Å². The Hall–Kier alpha value is -3.40. The van der Waals surface area contributed by atoms with Crippen molar-refractivity contribution in [1.29, 1.82) is 5.26 Å². The van der Waals surface area contributed by atoms with Crippen LogP contribution >= 0.6 is 0 Å². The lowest BCUT2D eigenvalue weighted by atomic mass is 10.1. The Kier molecular flexibility index (Phi) is 5.59. The first-order chi connectivity index (χ1) is 13.4. The Balaban J connectivity index is 1.65. The van der Waals surface area contributed by atoms with Crippen molar-refractivity contribution < 1.29 is 18.7 Å². The molecule has 1 aromatic heterocycles. The van der Waals surface area contributed by atoms with Gasteiger partial charge in [0.2, 0.25) is 0 Å². The van der Waals surface area contributed by atoms with Crippen molar-refractivity contribution in [2.45, 2.75) is 32.7 Å². The maximum atomic E-state index is 13.5. The van der Waals surface area contributed by atoms with Gasteiger partial charge in [-0.05, 0) is 56.5 Å². The first kappa shape index (κ1) is 19.4. The second kappa shape index (κ2) is 8.09. The number of hydrogen-bond donors (Lipinski definition) is 1. The Morgan fingerprint density at radius 1 is 1.36 bits per heavy atom. The van der Waals surface area contributed by atoms with Crippen LogP contribution in [0.25, 0.3) is 6.08 Å². The molecule has 0 atom stereocenters. The highest BCUT2D eigenvalue weighted by Crippen LogP contribution is 2.38. The SMILES string of the molecule is Cc1cc(/C=C(\C#N)C(=O)OCC(=O)Nc2ccccc2F)c(C)n1C1CC1. The molecular weight excluding hydrogens is 361 g/mol. The van der Waals surface area contributed by atoms with Crippen molar-refractivity contribution >= 4 is 23.6 Å². The summed E-state index contributed by atoms with van der Waals surface area (Å²) in [6, 6.07) is 9.89. The van der Waals surface area contributed by atoms with Gasteiger partial charge in [0.1, 0.15) is 17.5 Å². The van der Waals surface area contributed by atoms with E-state index in [0.29, 0.717) is 6.04 Å². The standard InChI is InChI=1S/C21H20FN3O3/c1-13-9-15(14(2)25(13)17-7-8-17)10-16(11-23)21(27)28-12-20(26)24-19-6-4-3-5-18(19)22/h3-6,9-10,17H,7-8,12H2,1-2H3,(H,24,26)/b16-10+. The zero-order valence-electron chi connectivity index (χ0n) is 15.7. The third kappa shape index (κ3) is 4.29. The molecule has 1 fully saturated rings. The number of hydrogen-bond acceptors (Lipinski definition) is 4. The number of rotatable bonds is 6. The number of carbonyl (C=O) groups is 2. The van der Waals surface area contributed by atoms with Crippen LogP contribution in [-0.2, 0) is 14.3 Å². The van der Waals surface area contributed by atoms with Crippen molar-refractivity contribution in [3.05, 3.63) is 58.7 Å². The number of carbonyl (C=O) groups excluding carboxylic acids is 2. The molecule has 2 aromatic rings. The molecule has 0 bridgehead atoms. The zero-order chi connectivity index (χ0) is 20.3. The van der Waals surface area contributed by atoms with E-state index in [0.717, 1.165) is 29.8 Å². The molecule has 1 aliphatic rings. The summed E-state index contributed by atoms with van der Waals surface area (Å²) in [5.74, 6) is -2.18. The predicted molar refractivity (Wildman–Crippen MR) is 102 cm³/mol. The summed E-state index contributed by atoms with van der Waals surface area (Å²) in [5.41, 5.74) is 2.62. The van der Waals surface area contributed by atoms with Crippen molar-refractivity contribution in [1.82, 2.24) is 4.57 Å². The normalized spacial score (nSPS) is 13.7. The van der Waals surface area contributed by atoms with E-state index in [2.05, 4.69) is 9.88 Å². The number of benzene rings is 1. The summed E-state index contributed by atoms with van der Waals surface area (Å²) >= 11 is 0. The Bertz CT molecular complexity index is 997. The molecule has 1 aliphatic carbocycles. The fourth-order valence-electron chi connectivity index (χ4n) is 3.09. The number of amides is 1. The Morgan fingerprint density at radius 2 is 2.07 bits per heavy atom. The van der Waals surface area contributed by atoms with Crippen LogP contribution in [0.5, 0.6) is 0 Å². The van der Waals surface area contributed by atoms with Gasteiger partial charge in [-0.2, -0.15) is 5.26 Å². The molecule has 0 radical (unpaired) electrons. The summed E-state index contributed by atoms with van der Waals surface area (Å²) in [5, 5.41) is 11.6. The number of para-hydroxylation sites is 1. The van der Waals surface area contributed by atoms with E-state index in [1.807, 2.05) is 26.0 Å². The second-order valence-electron chi connectivity index (χ2n) is 6.70. The number of nitriles is 1. The van der Waals surface area contributed by atoms with Crippen LogP contribution in [0.2, 0.25) is 0 Å². The molecule has 1 aromatic carbocycles. The van der Waals surface area contributed by atoms with Gasteiger partial charge < -0.3 is 14.6 Å². The quantitative estimate of drug-likeness (QED) is 0.470. The third-order valence-corrected chi connectivity index (χ3v) is 4.56. The minimum Gasteiger partial charge on any atom is -0.451 e. The van der Waals surface area contributed by atoms with E-state index < -0.39 is 24.3 Å². The van der Waals surface area contributed by atoms with Gasteiger partial charge in [0.15, 0.2) is 6.61 Å². The maximum absolute atomic E-state index is 13.5. The highest BCUT2D eigenvalue weighted by molar-refractivity contribution is 6.00. The van der Waals surface area contributed by atoms with Gasteiger partial charge >= 0.3 is 5.97 Å². The largest absolute Gasteiger partial charge is 0.451 e. The lowest BCUT2D eigenvalue weighted by molar-refractivity contribution is -0.142. The van der Waals surface area contributed by atoms with Gasteiger partial charge in [-0.3, -0.25) is 4.79 Å². The first-order valence-electron chi connectivity index (χ1n) is 8.92. The molecule has 0 aliphatic heterocycles. The maximum Gasteiger partial charge on any atom is 0.349 e. The zero-order valence-corrected chi connectivity index (χ0v) is 15.7. The van der Waals surface area contributed by atoms with Crippen molar-refractivity contribution in [3.63, 3.8) is 0 Å². The third-order valence-electron chi connectivity index (χ3n) is 4.56. The monoisotopic (exact) mass is 381 g/mol. The smallest absolute Gasteiger partial charge is 0.349 e. The number of nitrogens with zero attached hydrogens (tertiary/aromatic N) is 2. The van der Waals surface area contributed by atoms with Crippen molar-refractivity contribution in [3.8, 4) is 6.07 Å². The molecule has 0 saturated heterocycles. The summed E-state index contributed by atoms with van der Waals surface area (Å²) in [7, 11) is 0. The van der Waals surface area contributed by atoms with Crippen LogP contribution in [0, 0.1) is 31.0 Å². The van der Waals surface area contributed by atoms with E-state index in [1.165, 1.54) is 24.3 Å². The molecule has 1 saturated carbocycles. The Morgan fingerprint density at radius 3 is 2.71 bits per heavy atom. The summed E-state index contributed by atoms with van der Waals surface area (Å²) < 4.78 is 20.6. The van der Waals surface area contributed by atoms with Crippen molar-refractivity contribution in [2.75, 3.05) is 11.9 Å². The number of esters is 1. The lowest BCUT2D eigenvalue weighted by Gasteiger charge is -2.07. The minimum atomic E-state index is -0.901. The Labute approximate surface area is 162 Å². The van der Waals surface area contributed by atoms with Crippen LogP contribution in [0.15, 0.2) is 35.9 Å². The number of aromatic nitrogens is 1. The first-order valence-corrected chi connectivity index (χ1v) is 8.92. The molecule has 0 spiro atoms. The fourth-order valence-corrected chi connectivity index (χ4v) is 3.09. The number of aryl methyl sites for hydroxylation is 1. The average molecular weight is 381 g/mol. The number of anilines is 1. The van der Waals surface area contributed by atoms with E-state index in [4.69, 9.17) is 4.74 Å². The second-order valence-corrected chi connectivity index (χ2v) is 6.70. The molecular formula is C21H20FN3O3. The average Bonchev–Trinajstić information content (AvgIpc) is 3.45. The highest BCUT2D eigenvalue weighted by Gasteiger charge is 2.27. The molecule has 1 N–H and O–H groups in total. The topological polar surface area (TPSA) is 84.1 Å². The molecule has 1 amide bonds. The summed E-state index contributed by atoms with van der Waals surface area (Å²) in [6.45, 7) is 3.31. The molecule has 28 heavy (non-hydrogen) atoms. The van der Waals surface area contributed by atoms with Crippen molar-refractivity contribution in [2.24, 2.45) is 0 Å². The molecule has 6 nitrogen and oxygen atoms in total. The predicted octanol–water partition coefficient (Wildman–Crippen LogP) is 3.67. The van der Waals surface area contributed by atoms with Gasteiger partial charge in [0.05, 0.1) is 5.69 Å². The van der Waals surface area contributed by atoms with Crippen LogP contribution in [0.1, 0.15) is 35.8 Å². The summed E-state index contributed by atoms with van der Waals surface area (Å²) in [6.07, 6.45) is 3.73. The van der Waals surface area contributed by atoms with E-state index >= 15 is 0 Å². The van der Waals surface area contributed by atoms with E-state index in [9.17, 15) is 19.2 Å². The van der Waals surface area contributed by atoms with E-state index in [-0.39, 0.29) is 11.3 Å². The van der Waals surface area contributed by atoms with Crippen LogP contribution < -0.4 is 5.32 Å². The number of ether oxygens (including phenoxy) is 1. The number of nitrogens with one attached hydrogen (secondary N) is 1. The van der Waals surface area contributed by atoms with Gasteiger partial charge in [0, 0.05) is 17.4 Å². The van der Waals surface area contributed by atoms with Gasteiger partial charge in [-0.1, -0.05) is 12.1 Å². The van der Waals surface area contributed by atoms with Gasteiger partial charge in [-0.15, -0.1) is 0 Å². The molecule has 3 rings (SSSR count).